The Morgan fingerprint density at radius 3 is 2.27 bits per heavy atom. The average molecular weight is 274 g/mol. The van der Waals surface area contributed by atoms with Gasteiger partial charge >= 0.3 is 5.97 Å². The second-order valence-electron chi connectivity index (χ2n) is 4.29. The first kappa shape index (κ1) is 13.4. The van der Waals surface area contributed by atoms with Gasteiger partial charge < -0.3 is 4.74 Å². The maximum Gasteiger partial charge on any atom is 0.358 e. The van der Waals surface area contributed by atoms with Crippen molar-refractivity contribution < 1.29 is 9.53 Å². The lowest BCUT2D eigenvalue weighted by molar-refractivity contribution is -0.150. The monoisotopic (exact) mass is 272 g/mol. The summed E-state index contributed by atoms with van der Waals surface area (Å²) in [7, 11) is 0. The van der Waals surface area contributed by atoms with Crippen LogP contribution >= 0.6 is 34.8 Å². The van der Waals surface area contributed by atoms with Crippen LogP contribution in [0.2, 0.25) is 0 Å². The van der Waals surface area contributed by atoms with Crippen molar-refractivity contribution in [3.63, 3.8) is 0 Å². The number of alkyl halides is 3. The smallest absolute Gasteiger partial charge is 0.358 e. The van der Waals surface area contributed by atoms with Gasteiger partial charge in [0.1, 0.15) is 6.10 Å². The Morgan fingerprint density at radius 2 is 1.80 bits per heavy atom. The van der Waals surface area contributed by atoms with Crippen LogP contribution in [-0.4, -0.2) is 15.9 Å². The van der Waals surface area contributed by atoms with Crippen LogP contribution in [0.5, 0.6) is 0 Å². The molecule has 0 N–H and O–H groups in total. The fourth-order valence-corrected chi connectivity index (χ4v) is 1.96. The number of ether oxygens (including phenoxy) is 1. The van der Waals surface area contributed by atoms with Gasteiger partial charge in [0.25, 0.3) is 3.79 Å². The summed E-state index contributed by atoms with van der Waals surface area (Å²) in [6.07, 6.45) is 2.67. The lowest BCUT2D eigenvalue weighted by Gasteiger charge is -2.32. The van der Waals surface area contributed by atoms with E-state index in [1.165, 1.54) is 0 Å². The van der Waals surface area contributed by atoms with Crippen LogP contribution in [0, 0.1) is 11.8 Å². The third kappa shape index (κ3) is 4.01. The van der Waals surface area contributed by atoms with Crippen molar-refractivity contribution in [2.24, 2.45) is 11.8 Å². The van der Waals surface area contributed by atoms with Crippen LogP contribution in [0.1, 0.15) is 33.1 Å². The Morgan fingerprint density at radius 1 is 1.20 bits per heavy atom. The highest BCUT2D eigenvalue weighted by atomic mass is 35.6. The SMILES string of the molecule is CC1C[C@H](OC(=O)C(Cl)(Cl)Cl)CC[C@H]1C. The highest BCUT2D eigenvalue weighted by Crippen LogP contribution is 2.34. The molecule has 5 heteroatoms. The van der Waals surface area contributed by atoms with E-state index in [2.05, 4.69) is 13.8 Å². The molecule has 15 heavy (non-hydrogen) atoms. The molecular formula is C10H15Cl3O2. The fourth-order valence-electron chi connectivity index (χ4n) is 1.82. The van der Waals surface area contributed by atoms with Crippen LogP contribution < -0.4 is 0 Å². The van der Waals surface area contributed by atoms with Crippen molar-refractivity contribution in [3.8, 4) is 0 Å². The summed E-state index contributed by atoms with van der Waals surface area (Å²) in [5.74, 6) is 0.457. The minimum Gasteiger partial charge on any atom is -0.459 e. The van der Waals surface area contributed by atoms with Crippen LogP contribution in [-0.2, 0) is 9.53 Å². The van der Waals surface area contributed by atoms with E-state index in [0.717, 1.165) is 19.3 Å². The molecule has 0 amide bonds. The molecule has 0 aliphatic heterocycles. The van der Waals surface area contributed by atoms with E-state index in [0.29, 0.717) is 11.8 Å². The lowest BCUT2D eigenvalue weighted by atomic mass is 9.80. The average Bonchev–Trinajstić information content (AvgIpc) is 2.10. The van der Waals surface area contributed by atoms with Crippen molar-refractivity contribution in [3.05, 3.63) is 0 Å². The normalized spacial score (nSPS) is 32.5. The fraction of sp³-hybridized carbons (Fsp3) is 0.900. The predicted molar refractivity (Wildman–Crippen MR) is 62.3 cm³/mol. The maximum absolute atomic E-state index is 11.3. The van der Waals surface area contributed by atoms with Gasteiger partial charge in [-0.3, -0.25) is 0 Å². The molecule has 1 aliphatic carbocycles. The molecule has 0 bridgehead atoms. The Labute approximate surface area is 105 Å². The topological polar surface area (TPSA) is 26.3 Å². The molecule has 1 saturated carbocycles. The molecule has 1 fully saturated rings. The van der Waals surface area contributed by atoms with Gasteiger partial charge in [-0.05, 0) is 31.1 Å². The quantitative estimate of drug-likeness (QED) is 0.537. The second kappa shape index (κ2) is 5.11. The van der Waals surface area contributed by atoms with Crippen molar-refractivity contribution in [2.75, 3.05) is 0 Å². The zero-order valence-electron chi connectivity index (χ0n) is 8.80. The van der Waals surface area contributed by atoms with E-state index >= 15 is 0 Å². The Bertz CT molecular complexity index is 237. The number of hydrogen-bond donors (Lipinski definition) is 0. The summed E-state index contributed by atoms with van der Waals surface area (Å²) < 4.78 is 3.19. The minimum absolute atomic E-state index is 0.0978. The highest BCUT2D eigenvalue weighted by Gasteiger charge is 2.36. The van der Waals surface area contributed by atoms with E-state index in [-0.39, 0.29) is 6.10 Å². The van der Waals surface area contributed by atoms with Gasteiger partial charge in [-0.2, -0.15) is 0 Å². The van der Waals surface area contributed by atoms with Gasteiger partial charge in [0, 0.05) is 0 Å². The number of carbonyl (C=O) groups excluding carboxylic acids is 1. The van der Waals surface area contributed by atoms with Gasteiger partial charge in [0.2, 0.25) is 0 Å². The molecule has 1 unspecified atom stereocenters. The molecule has 88 valence electrons. The number of halogens is 3. The molecule has 3 atom stereocenters. The molecule has 2 nitrogen and oxygen atoms in total. The molecule has 0 aromatic carbocycles. The van der Waals surface area contributed by atoms with E-state index in [1.54, 1.807) is 0 Å². The standard InChI is InChI=1S/C10H15Cl3O2/c1-6-3-4-8(5-7(6)2)15-9(14)10(11,12)13/h6-8H,3-5H2,1-2H3/t6-,7?,8-/m1/s1. The van der Waals surface area contributed by atoms with Crippen molar-refractivity contribution in [2.45, 2.75) is 43.0 Å². The van der Waals surface area contributed by atoms with Gasteiger partial charge in [0.05, 0.1) is 0 Å². The number of esters is 1. The zero-order chi connectivity index (χ0) is 11.6. The number of rotatable bonds is 1. The highest BCUT2D eigenvalue weighted by molar-refractivity contribution is 6.75. The predicted octanol–water partition coefficient (Wildman–Crippen LogP) is 3.72. The number of hydrogen-bond acceptors (Lipinski definition) is 2. The molecule has 1 rings (SSSR count). The minimum atomic E-state index is -1.95. The Balaban J connectivity index is 2.44. The first-order valence-electron chi connectivity index (χ1n) is 5.08. The van der Waals surface area contributed by atoms with E-state index < -0.39 is 9.76 Å². The molecule has 0 aromatic rings. The third-order valence-electron chi connectivity index (χ3n) is 3.06. The van der Waals surface area contributed by atoms with Crippen LogP contribution in [0.4, 0.5) is 0 Å². The zero-order valence-corrected chi connectivity index (χ0v) is 11.1. The van der Waals surface area contributed by atoms with E-state index in [9.17, 15) is 4.79 Å². The molecular weight excluding hydrogens is 258 g/mol. The molecule has 1 aliphatic rings. The molecule has 0 aromatic heterocycles. The lowest BCUT2D eigenvalue weighted by Crippen LogP contribution is -2.32. The third-order valence-corrected chi connectivity index (χ3v) is 3.52. The summed E-state index contributed by atoms with van der Waals surface area (Å²) in [5, 5.41) is 0. The van der Waals surface area contributed by atoms with Crippen LogP contribution in [0.3, 0.4) is 0 Å². The largest absolute Gasteiger partial charge is 0.459 e. The van der Waals surface area contributed by atoms with E-state index in [1.807, 2.05) is 0 Å². The van der Waals surface area contributed by atoms with Gasteiger partial charge in [-0.1, -0.05) is 48.7 Å². The van der Waals surface area contributed by atoms with Gasteiger partial charge in [-0.25, -0.2) is 4.79 Å². The molecule has 0 radical (unpaired) electrons. The van der Waals surface area contributed by atoms with Crippen molar-refractivity contribution in [1.29, 1.82) is 0 Å². The molecule has 0 heterocycles. The Hall–Kier alpha value is 0.340. The van der Waals surface area contributed by atoms with Crippen molar-refractivity contribution >= 4 is 40.8 Å². The number of carbonyl (C=O) groups is 1. The summed E-state index contributed by atoms with van der Waals surface area (Å²) in [6, 6.07) is 0. The first-order valence-corrected chi connectivity index (χ1v) is 6.22. The summed E-state index contributed by atoms with van der Waals surface area (Å²) in [6.45, 7) is 4.36. The first-order chi connectivity index (χ1) is 6.80. The van der Waals surface area contributed by atoms with Crippen LogP contribution in [0.15, 0.2) is 0 Å². The molecule has 0 spiro atoms. The maximum atomic E-state index is 11.3. The van der Waals surface area contributed by atoms with E-state index in [4.69, 9.17) is 39.5 Å². The van der Waals surface area contributed by atoms with Crippen LogP contribution in [0.25, 0.3) is 0 Å². The van der Waals surface area contributed by atoms with Gasteiger partial charge in [-0.15, -0.1) is 0 Å². The molecule has 0 saturated heterocycles. The Kier molecular flexibility index (Phi) is 4.57. The second-order valence-corrected chi connectivity index (χ2v) is 6.57. The van der Waals surface area contributed by atoms with Crippen molar-refractivity contribution in [1.82, 2.24) is 0 Å². The summed E-state index contributed by atoms with van der Waals surface area (Å²) >= 11 is 16.3. The summed E-state index contributed by atoms with van der Waals surface area (Å²) in [4.78, 5) is 11.3. The van der Waals surface area contributed by atoms with Gasteiger partial charge in [0.15, 0.2) is 0 Å². The summed E-state index contributed by atoms with van der Waals surface area (Å²) in [5.41, 5.74) is 0.